The quantitative estimate of drug-likeness (QED) is 0.786. The molecule has 0 aliphatic heterocycles. The molecule has 126 valence electrons. The summed E-state index contributed by atoms with van der Waals surface area (Å²) in [5, 5.41) is 2.56. The van der Waals surface area contributed by atoms with Crippen molar-refractivity contribution in [3.8, 4) is 0 Å². The summed E-state index contributed by atoms with van der Waals surface area (Å²) in [4.78, 5) is 23.7. The highest BCUT2D eigenvalue weighted by atomic mass is 32.2. The van der Waals surface area contributed by atoms with E-state index in [4.69, 9.17) is 4.74 Å². The van der Waals surface area contributed by atoms with E-state index in [-0.39, 0.29) is 16.8 Å². The highest BCUT2D eigenvalue weighted by molar-refractivity contribution is 7.89. The highest BCUT2D eigenvalue weighted by Gasteiger charge is 2.33. The second kappa shape index (κ2) is 6.67. The monoisotopic (exact) mass is 340 g/mol. The van der Waals surface area contributed by atoms with Crippen molar-refractivity contribution >= 4 is 27.6 Å². The number of carbonyl (C=O) groups excluding carboxylic acids is 2. The summed E-state index contributed by atoms with van der Waals surface area (Å²) in [6, 6.07) is 5.92. The molecule has 1 aliphatic carbocycles. The average molecular weight is 340 g/mol. The third kappa shape index (κ3) is 4.29. The van der Waals surface area contributed by atoms with Crippen LogP contribution in [-0.4, -0.2) is 44.8 Å². The van der Waals surface area contributed by atoms with Crippen LogP contribution in [0, 0.1) is 5.92 Å². The summed E-state index contributed by atoms with van der Waals surface area (Å²) in [6.07, 6.45) is 0.673. The number of hydrogen-bond donors (Lipinski definition) is 1. The maximum atomic E-state index is 12.1. The number of anilines is 1. The Hall–Kier alpha value is -1.93. The lowest BCUT2D eigenvalue weighted by Gasteiger charge is -2.15. The molecule has 0 unspecified atom stereocenters. The number of esters is 1. The summed E-state index contributed by atoms with van der Waals surface area (Å²) in [6.45, 7) is 1.48. The fourth-order valence-corrected chi connectivity index (χ4v) is 2.78. The van der Waals surface area contributed by atoms with E-state index in [1.807, 2.05) is 0 Å². The zero-order chi connectivity index (χ0) is 17.2. The van der Waals surface area contributed by atoms with Gasteiger partial charge in [0.2, 0.25) is 10.0 Å². The van der Waals surface area contributed by atoms with Gasteiger partial charge in [-0.3, -0.25) is 9.59 Å². The minimum Gasteiger partial charge on any atom is -0.452 e. The summed E-state index contributed by atoms with van der Waals surface area (Å²) >= 11 is 0. The lowest BCUT2D eigenvalue weighted by molar-refractivity contribution is -0.154. The Balaban J connectivity index is 2.05. The predicted molar refractivity (Wildman–Crippen MR) is 84.2 cm³/mol. The van der Waals surface area contributed by atoms with Crippen molar-refractivity contribution in [1.29, 1.82) is 0 Å². The first-order chi connectivity index (χ1) is 10.7. The lowest BCUT2D eigenvalue weighted by Crippen LogP contribution is -2.30. The fraction of sp³-hybridized carbons (Fsp3) is 0.467. The van der Waals surface area contributed by atoms with Gasteiger partial charge >= 0.3 is 5.97 Å². The van der Waals surface area contributed by atoms with Gasteiger partial charge in [-0.15, -0.1) is 0 Å². The van der Waals surface area contributed by atoms with Gasteiger partial charge in [-0.25, -0.2) is 12.7 Å². The topological polar surface area (TPSA) is 92.8 Å². The molecule has 1 N–H and O–H groups in total. The zero-order valence-corrected chi connectivity index (χ0v) is 14.1. The van der Waals surface area contributed by atoms with Crippen LogP contribution in [0.4, 0.5) is 5.69 Å². The Bertz CT molecular complexity index is 710. The molecule has 1 aliphatic rings. The van der Waals surface area contributed by atoms with E-state index in [9.17, 15) is 18.0 Å². The number of ether oxygens (including phenoxy) is 1. The molecule has 23 heavy (non-hydrogen) atoms. The van der Waals surface area contributed by atoms with Crippen molar-refractivity contribution in [3.05, 3.63) is 24.3 Å². The average Bonchev–Trinajstić information content (AvgIpc) is 3.31. The largest absolute Gasteiger partial charge is 0.452 e. The van der Waals surface area contributed by atoms with Crippen LogP contribution >= 0.6 is 0 Å². The van der Waals surface area contributed by atoms with Crippen LogP contribution in [0.3, 0.4) is 0 Å². The van der Waals surface area contributed by atoms with Crippen molar-refractivity contribution in [2.45, 2.75) is 30.8 Å². The van der Waals surface area contributed by atoms with Crippen molar-refractivity contribution in [1.82, 2.24) is 4.31 Å². The van der Waals surface area contributed by atoms with Gasteiger partial charge in [0.05, 0.1) is 10.8 Å². The standard InChI is InChI=1S/C15H20N2O5S/c1-10(22-15(19)11-7-8-11)14(18)16-12-5-4-6-13(9-12)23(20,21)17(2)3/h4-6,9-11H,7-8H2,1-3H3,(H,16,18)/t10-/m1/s1. The Morgan fingerprint density at radius 1 is 1.30 bits per heavy atom. The highest BCUT2D eigenvalue weighted by Crippen LogP contribution is 2.30. The number of carbonyl (C=O) groups is 2. The van der Waals surface area contributed by atoms with Gasteiger partial charge in [0.25, 0.3) is 5.91 Å². The molecule has 0 spiro atoms. The molecule has 1 aromatic rings. The number of benzene rings is 1. The third-order valence-corrected chi connectivity index (χ3v) is 5.26. The summed E-state index contributed by atoms with van der Waals surface area (Å²) in [7, 11) is -0.720. The van der Waals surface area contributed by atoms with Gasteiger partial charge in [-0.1, -0.05) is 6.07 Å². The molecule has 1 aromatic carbocycles. The van der Waals surface area contributed by atoms with Gasteiger partial charge in [0.15, 0.2) is 6.10 Å². The molecule has 1 atom stereocenters. The van der Waals surface area contributed by atoms with Crippen LogP contribution in [0.5, 0.6) is 0 Å². The van der Waals surface area contributed by atoms with Crippen LogP contribution in [0.1, 0.15) is 19.8 Å². The molecule has 1 fully saturated rings. The zero-order valence-electron chi connectivity index (χ0n) is 13.3. The van der Waals surface area contributed by atoms with Gasteiger partial charge in [-0.2, -0.15) is 0 Å². The first-order valence-electron chi connectivity index (χ1n) is 7.26. The van der Waals surface area contributed by atoms with Gasteiger partial charge in [0, 0.05) is 19.8 Å². The number of sulfonamides is 1. The van der Waals surface area contributed by atoms with Gasteiger partial charge < -0.3 is 10.1 Å². The Kier molecular flexibility index (Phi) is 5.06. The molecule has 7 nitrogen and oxygen atoms in total. The Labute approximate surface area is 135 Å². The molecule has 0 heterocycles. The minimum atomic E-state index is -3.58. The van der Waals surface area contributed by atoms with E-state index >= 15 is 0 Å². The smallest absolute Gasteiger partial charge is 0.309 e. The molecule has 1 amide bonds. The second-order valence-corrected chi connectivity index (χ2v) is 7.81. The molecule has 8 heteroatoms. The van der Waals surface area contributed by atoms with Crippen LogP contribution in [0.15, 0.2) is 29.2 Å². The lowest BCUT2D eigenvalue weighted by atomic mass is 10.3. The molecular weight excluding hydrogens is 320 g/mol. The van der Waals surface area contributed by atoms with Crippen molar-refractivity contribution in [3.63, 3.8) is 0 Å². The molecule has 0 aromatic heterocycles. The number of hydrogen-bond acceptors (Lipinski definition) is 5. The second-order valence-electron chi connectivity index (χ2n) is 5.66. The predicted octanol–water partition coefficient (Wildman–Crippen LogP) is 1.22. The van der Waals surface area contributed by atoms with Crippen molar-refractivity contribution in [2.75, 3.05) is 19.4 Å². The summed E-state index contributed by atoms with van der Waals surface area (Å²) in [5.74, 6) is -0.950. The normalized spacial score (nSPS) is 16.0. The number of nitrogens with one attached hydrogen (secondary N) is 1. The van der Waals surface area contributed by atoms with Crippen molar-refractivity contribution < 1.29 is 22.7 Å². The van der Waals surface area contributed by atoms with Gasteiger partial charge in [0.1, 0.15) is 0 Å². The van der Waals surface area contributed by atoms with Crippen LogP contribution in [-0.2, 0) is 24.3 Å². The molecule has 1 saturated carbocycles. The van der Waals surface area contributed by atoms with E-state index in [0.717, 1.165) is 17.1 Å². The summed E-state index contributed by atoms with van der Waals surface area (Å²) in [5.41, 5.74) is 0.326. The fourth-order valence-electron chi connectivity index (χ4n) is 1.83. The minimum absolute atomic E-state index is 0.0722. The van der Waals surface area contributed by atoms with Crippen LogP contribution < -0.4 is 5.32 Å². The molecule has 2 rings (SSSR count). The third-order valence-electron chi connectivity index (χ3n) is 3.45. The van der Waals surface area contributed by atoms with E-state index in [0.29, 0.717) is 5.69 Å². The molecular formula is C15H20N2O5S. The SMILES string of the molecule is C[C@@H](OC(=O)C1CC1)C(=O)Nc1cccc(S(=O)(=O)N(C)C)c1. The van der Waals surface area contributed by atoms with Crippen LogP contribution in [0.2, 0.25) is 0 Å². The maximum absolute atomic E-state index is 12.1. The number of nitrogens with zero attached hydrogens (tertiary/aromatic N) is 1. The molecule has 0 bridgehead atoms. The van der Waals surface area contributed by atoms with E-state index in [1.165, 1.54) is 39.2 Å². The van der Waals surface area contributed by atoms with Gasteiger partial charge in [-0.05, 0) is 38.0 Å². The first-order valence-corrected chi connectivity index (χ1v) is 8.70. The van der Waals surface area contributed by atoms with E-state index < -0.39 is 22.0 Å². The number of amides is 1. The van der Waals surface area contributed by atoms with Crippen molar-refractivity contribution in [2.24, 2.45) is 5.92 Å². The van der Waals surface area contributed by atoms with E-state index in [2.05, 4.69) is 5.32 Å². The molecule has 0 saturated heterocycles. The van der Waals surface area contributed by atoms with E-state index in [1.54, 1.807) is 6.07 Å². The Morgan fingerprint density at radius 3 is 2.52 bits per heavy atom. The maximum Gasteiger partial charge on any atom is 0.309 e. The summed E-state index contributed by atoms with van der Waals surface area (Å²) < 4.78 is 30.3. The first kappa shape index (κ1) is 17.4. The van der Waals surface area contributed by atoms with Crippen LogP contribution in [0.25, 0.3) is 0 Å². The Morgan fingerprint density at radius 2 is 1.96 bits per heavy atom. The molecule has 0 radical (unpaired) electrons. The number of rotatable bonds is 6.